The molecule has 0 radical (unpaired) electrons. The third-order valence-electron chi connectivity index (χ3n) is 6.82. The Labute approximate surface area is 230 Å². The molecule has 0 aliphatic heterocycles. The number of sulfonamides is 1. The van der Waals surface area contributed by atoms with Gasteiger partial charge in [-0.2, -0.15) is 0 Å². The predicted octanol–water partition coefficient (Wildman–Crippen LogP) is 3.91. The van der Waals surface area contributed by atoms with Crippen molar-refractivity contribution in [3.63, 3.8) is 0 Å². The van der Waals surface area contributed by atoms with Crippen LogP contribution in [0.15, 0.2) is 45.6 Å². The summed E-state index contributed by atoms with van der Waals surface area (Å²) in [5.74, 6) is 0.607. The number of carbonyl (C=O) groups excluding carboxylic acids is 1. The maximum atomic E-state index is 12.8. The normalized spacial score (nSPS) is 18.8. The molecule has 0 bridgehead atoms. The van der Waals surface area contributed by atoms with Crippen LogP contribution in [0.25, 0.3) is 22.3 Å². The van der Waals surface area contributed by atoms with Crippen molar-refractivity contribution in [2.75, 3.05) is 27.4 Å². The summed E-state index contributed by atoms with van der Waals surface area (Å²) in [6, 6.07) is 9.61. The Morgan fingerprint density at radius 3 is 2.46 bits per heavy atom. The van der Waals surface area contributed by atoms with E-state index in [2.05, 4.69) is 4.72 Å². The molecule has 2 fully saturated rings. The molecule has 0 spiro atoms. The molecule has 12 heteroatoms. The summed E-state index contributed by atoms with van der Waals surface area (Å²) in [7, 11) is -0.550. The van der Waals surface area contributed by atoms with Crippen molar-refractivity contribution in [1.82, 2.24) is 4.72 Å². The molecule has 1 heterocycles. The third-order valence-corrected chi connectivity index (χ3v) is 8.96. The highest BCUT2D eigenvalue weighted by Crippen LogP contribution is 2.41. The number of nitrogens with one attached hydrogen (secondary N) is 1. The molecular weight excluding hydrogens is 550 g/mol. The van der Waals surface area contributed by atoms with Gasteiger partial charge in [0.2, 0.25) is 15.9 Å². The van der Waals surface area contributed by atoms with Crippen LogP contribution in [0.5, 0.6) is 17.2 Å². The fraction of sp³-hybridized carbons (Fsp3) is 0.407. The molecule has 1 amide bonds. The van der Waals surface area contributed by atoms with E-state index in [-0.39, 0.29) is 42.0 Å². The third kappa shape index (κ3) is 5.85. The summed E-state index contributed by atoms with van der Waals surface area (Å²) in [6.07, 6.45) is 1.91. The average Bonchev–Trinajstić information content (AvgIpc) is 3.74. The lowest BCUT2D eigenvalue weighted by atomic mass is 9.82. The zero-order valence-electron chi connectivity index (χ0n) is 21.4. The van der Waals surface area contributed by atoms with Gasteiger partial charge >= 0.3 is 0 Å². The number of hydrogen-bond donors (Lipinski definition) is 1. The van der Waals surface area contributed by atoms with Gasteiger partial charge in [-0.05, 0) is 43.9 Å². The van der Waals surface area contributed by atoms with Gasteiger partial charge in [0.25, 0.3) is 0 Å². The van der Waals surface area contributed by atoms with Crippen LogP contribution < -0.4 is 24.4 Å². The molecule has 39 heavy (non-hydrogen) atoms. The highest BCUT2D eigenvalue weighted by Gasteiger charge is 2.41. The first-order valence-corrected chi connectivity index (χ1v) is 14.4. The number of methoxy groups -OCH3 is 2. The number of benzene rings is 2. The van der Waals surface area contributed by atoms with Gasteiger partial charge in [0.05, 0.1) is 48.2 Å². The molecular formula is C27H28ClNO9S. The smallest absolute Gasteiger partial charge is 0.237 e. The summed E-state index contributed by atoms with van der Waals surface area (Å²) in [5.41, 5.74) is 0.467. The second kappa shape index (κ2) is 11.1. The summed E-state index contributed by atoms with van der Waals surface area (Å²) >= 11 is 6.28. The number of halogens is 1. The van der Waals surface area contributed by atoms with Crippen LogP contribution in [0.1, 0.15) is 25.7 Å². The lowest BCUT2D eigenvalue weighted by Gasteiger charge is -2.33. The van der Waals surface area contributed by atoms with Crippen LogP contribution in [0.3, 0.4) is 0 Å². The summed E-state index contributed by atoms with van der Waals surface area (Å²) < 4.78 is 54.8. The van der Waals surface area contributed by atoms with Crippen LogP contribution >= 0.6 is 11.6 Å². The van der Waals surface area contributed by atoms with E-state index < -0.39 is 21.2 Å². The Morgan fingerprint density at radius 2 is 1.77 bits per heavy atom. The Morgan fingerprint density at radius 1 is 1.05 bits per heavy atom. The van der Waals surface area contributed by atoms with E-state index in [1.807, 2.05) is 0 Å². The van der Waals surface area contributed by atoms with E-state index in [0.717, 1.165) is 0 Å². The van der Waals surface area contributed by atoms with Crippen molar-refractivity contribution in [2.45, 2.75) is 37.0 Å². The van der Waals surface area contributed by atoms with E-state index in [1.54, 1.807) is 30.3 Å². The van der Waals surface area contributed by atoms with Gasteiger partial charge < -0.3 is 23.4 Å². The second-order valence-corrected chi connectivity index (χ2v) is 11.9. The van der Waals surface area contributed by atoms with E-state index in [1.165, 1.54) is 20.3 Å². The molecule has 1 N–H and O–H groups in total. The number of amides is 1. The number of rotatable bonds is 11. The molecule has 2 aromatic carbocycles. The summed E-state index contributed by atoms with van der Waals surface area (Å²) in [5, 5.41) is 0.229. The minimum Gasteiger partial charge on any atom is -0.493 e. The maximum Gasteiger partial charge on any atom is 0.237 e. The van der Waals surface area contributed by atoms with Crippen LogP contribution in [0.4, 0.5) is 0 Å². The van der Waals surface area contributed by atoms with Crippen LogP contribution in [-0.2, 0) is 19.6 Å². The molecule has 0 saturated heterocycles. The van der Waals surface area contributed by atoms with Crippen LogP contribution in [0.2, 0.25) is 5.02 Å². The number of ether oxygens (including phenoxy) is 4. The van der Waals surface area contributed by atoms with Crippen molar-refractivity contribution in [3.05, 3.63) is 51.6 Å². The molecule has 2 aliphatic rings. The van der Waals surface area contributed by atoms with E-state index in [0.29, 0.717) is 58.9 Å². The zero-order valence-corrected chi connectivity index (χ0v) is 23.0. The van der Waals surface area contributed by atoms with Gasteiger partial charge in [0.15, 0.2) is 22.5 Å². The molecule has 0 atom stereocenters. The van der Waals surface area contributed by atoms with Crippen LogP contribution in [-0.4, -0.2) is 53.1 Å². The molecule has 208 valence electrons. The first kappa shape index (κ1) is 27.3. The number of para-hydroxylation sites is 1. The monoisotopic (exact) mass is 577 g/mol. The van der Waals surface area contributed by atoms with Gasteiger partial charge in [-0.3, -0.25) is 14.3 Å². The Hall–Kier alpha value is -3.28. The highest BCUT2D eigenvalue weighted by molar-refractivity contribution is 7.90. The molecule has 2 aliphatic carbocycles. The lowest BCUT2D eigenvalue weighted by molar-refractivity contribution is -0.132. The van der Waals surface area contributed by atoms with Gasteiger partial charge in [-0.25, -0.2) is 8.42 Å². The second-order valence-electron chi connectivity index (χ2n) is 9.52. The fourth-order valence-corrected chi connectivity index (χ4v) is 6.00. The number of carbonyl (C=O) groups is 1. The van der Waals surface area contributed by atoms with Gasteiger partial charge in [0, 0.05) is 18.1 Å². The molecule has 10 nitrogen and oxygen atoms in total. The zero-order chi connectivity index (χ0) is 27.7. The van der Waals surface area contributed by atoms with Gasteiger partial charge in [-0.1, -0.05) is 17.7 Å². The summed E-state index contributed by atoms with van der Waals surface area (Å²) in [4.78, 5) is 25.0. The van der Waals surface area contributed by atoms with Crippen molar-refractivity contribution in [2.24, 2.45) is 5.92 Å². The SMILES string of the molecule is COc1cc(OCCOC2CC(C(=O)NS(=O)(=O)C3CC3)C2)c(-c2cc(=O)c3cccc(Cl)c3o2)cc1OC. The van der Waals surface area contributed by atoms with Crippen molar-refractivity contribution in [1.29, 1.82) is 0 Å². The molecule has 0 unspecified atom stereocenters. The van der Waals surface area contributed by atoms with Crippen molar-refractivity contribution >= 4 is 38.5 Å². The minimum atomic E-state index is -3.55. The molecule has 1 aromatic heterocycles. The Bertz CT molecular complexity index is 1560. The quantitative estimate of drug-likeness (QED) is 0.337. The van der Waals surface area contributed by atoms with Crippen molar-refractivity contribution in [3.8, 4) is 28.6 Å². The van der Waals surface area contributed by atoms with E-state index in [9.17, 15) is 18.0 Å². The van der Waals surface area contributed by atoms with E-state index >= 15 is 0 Å². The number of hydrogen-bond acceptors (Lipinski definition) is 9. The molecule has 5 rings (SSSR count). The number of fused-ring (bicyclic) bond motifs is 1. The topological polar surface area (TPSA) is 130 Å². The first-order chi connectivity index (χ1) is 18.7. The maximum absolute atomic E-state index is 12.8. The Balaban J connectivity index is 1.25. The minimum absolute atomic E-state index is 0.157. The summed E-state index contributed by atoms with van der Waals surface area (Å²) in [6.45, 7) is 0.380. The van der Waals surface area contributed by atoms with E-state index in [4.69, 9.17) is 35.0 Å². The first-order valence-electron chi connectivity index (χ1n) is 12.5. The Kier molecular flexibility index (Phi) is 7.75. The van der Waals surface area contributed by atoms with Crippen molar-refractivity contribution < 1.29 is 36.6 Å². The predicted molar refractivity (Wildman–Crippen MR) is 144 cm³/mol. The standard InChI is InChI=1S/C27H28ClNO9S/c1-34-24-12-19(23-13-21(30)18-4-3-5-20(28)26(18)38-23)22(14-25(24)35-2)37-9-8-36-16-10-15(11-16)27(31)29-39(32,33)17-6-7-17/h3-5,12-17H,6-11H2,1-2H3,(H,29,31). The molecule has 2 saturated carbocycles. The van der Waals surface area contributed by atoms with Gasteiger partial charge in [0.1, 0.15) is 18.1 Å². The highest BCUT2D eigenvalue weighted by atomic mass is 35.5. The van der Waals surface area contributed by atoms with Crippen LogP contribution in [0, 0.1) is 5.92 Å². The molecule has 3 aromatic rings. The van der Waals surface area contributed by atoms with Gasteiger partial charge in [-0.15, -0.1) is 0 Å². The largest absolute Gasteiger partial charge is 0.493 e. The fourth-order valence-electron chi connectivity index (χ4n) is 4.42. The lowest BCUT2D eigenvalue weighted by Crippen LogP contribution is -2.45. The average molecular weight is 578 g/mol.